The Hall–Kier alpha value is -7.44. The first-order chi connectivity index (χ1) is 37.6. The molecule has 1 aliphatic carbocycles. The highest BCUT2D eigenvalue weighted by molar-refractivity contribution is 6.08. The third kappa shape index (κ3) is 11.6. The van der Waals surface area contributed by atoms with Crippen molar-refractivity contribution in [2.24, 2.45) is 11.8 Å². The van der Waals surface area contributed by atoms with Gasteiger partial charge in [-0.25, -0.2) is 0 Å². The Balaban J connectivity index is 0.849. The topological polar surface area (TPSA) is 217 Å². The zero-order chi connectivity index (χ0) is 55.4. The van der Waals surface area contributed by atoms with E-state index < -0.39 is 24.2 Å². The van der Waals surface area contributed by atoms with Crippen molar-refractivity contribution in [1.82, 2.24) is 60.8 Å². The lowest BCUT2D eigenvalue weighted by Crippen LogP contribution is -2.54. The third-order valence-electron chi connectivity index (χ3n) is 16.3. The second-order valence-corrected chi connectivity index (χ2v) is 22.2. The SMILES string of the molecule is CN[C@@H](C)C(=O)N[C@H](C(=O)N1CCC[C@H]1c1cncc(-n2cc(C(=O)NC3CCC(NC(=O)c4cn(-c5cncc([C@@H]6CCCN6C(=O)[C@@H](NC(=O)[C@H](C)NC)C(C)C)c5)c5ccccc45)CC3)c3ccccc32)c1)C(C)C. The van der Waals surface area contributed by atoms with Gasteiger partial charge in [-0.2, -0.15) is 0 Å². The van der Waals surface area contributed by atoms with Gasteiger partial charge in [0.1, 0.15) is 12.1 Å². The molecule has 0 unspecified atom stereocenters. The number of para-hydroxylation sites is 2. The monoisotopic (exact) mass is 1060 g/mol. The Bertz CT molecular complexity index is 2970. The van der Waals surface area contributed by atoms with Crippen LogP contribution in [-0.2, 0) is 19.2 Å². The number of aromatic nitrogens is 4. The minimum Gasteiger partial charge on any atom is -0.349 e. The number of nitrogens with zero attached hydrogens (tertiary/aromatic N) is 6. The zero-order valence-corrected chi connectivity index (χ0v) is 46.2. The summed E-state index contributed by atoms with van der Waals surface area (Å²) in [7, 11) is 3.43. The molecule has 3 fully saturated rings. The molecule has 6 heterocycles. The minimum absolute atomic E-state index is 0.0885. The summed E-state index contributed by atoms with van der Waals surface area (Å²) in [4.78, 5) is 95.5. The highest BCUT2D eigenvalue weighted by atomic mass is 16.2. The first kappa shape index (κ1) is 55.3. The quantitative estimate of drug-likeness (QED) is 0.0538. The van der Waals surface area contributed by atoms with E-state index in [1.54, 1.807) is 52.7 Å². The molecule has 9 rings (SSSR count). The Morgan fingerprint density at radius 1 is 0.526 bits per heavy atom. The van der Waals surface area contributed by atoms with Gasteiger partial charge in [-0.05, 0) is 127 Å². The molecular weight excluding hydrogens is 985 g/mol. The number of hydrogen-bond acceptors (Lipinski definition) is 10. The number of rotatable bonds is 18. The number of likely N-dealkylation sites (N-methyl/N-ethyl adjacent to an activating group) is 2. The number of nitrogens with one attached hydrogen (secondary N) is 6. The van der Waals surface area contributed by atoms with Gasteiger partial charge in [0.05, 0.1) is 70.1 Å². The molecule has 0 radical (unpaired) electrons. The van der Waals surface area contributed by atoms with Gasteiger partial charge in [0.15, 0.2) is 0 Å². The van der Waals surface area contributed by atoms with Crippen LogP contribution in [0.5, 0.6) is 0 Å². The van der Waals surface area contributed by atoms with Crippen LogP contribution >= 0.6 is 0 Å². The predicted octanol–water partition coefficient (Wildman–Crippen LogP) is 6.66. The summed E-state index contributed by atoms with van der Waals surface area (Å²) in [6, 6.07) is 16.9. The molecule has 6 atom stereocenters. The lowest BCUT2D eigenvalue weighted by Gasteiger charge is -2.32. The number of carbonyl (C=O) groups excluding carboxylic acids is 6. The molecular formula is C60H76N12O6. The van der Waals surface area contributed by atoms with Crippen molar-refractivity contribution >= 4 is 57.2 Å². The first-order valence-electron chi connectivity index (χ1n) is 27.9. The molecule has 2 aromatic carbocycles. The molecule has 412 valence electrons. The van der Waals surface area contributed by atoms with Crippen LogP contribution in [0.25, 0.3) is 33.2 Å². The van der Waals surface area contributed by atoms with Crippen LogP contribution in [0.4, 0.5) is 0 Å². The first-order valence-corrected chi connectivity index (χ1v) is 27.9. The molecule has 3 aliphatic rings. The van der Waals surface area contributed by atoms with E-state index in [0.717, 1.165) is 70.0 Å². The molecule has 2 aliphatic heterocycles. The van der Waals surface area contributed by atoms with Gasteiger partial charge in [0.25, 0.3) is 11.8 Å². The van der Waals surface area contributed by atoms with Gasteiger partial charge in [-0.3, -0.25) is 38.7 Å². The van der Waals surface area contributed by atoms with Crippen LogP contribution < -0.4 is 31.9 Å². The number of benzene rings is 2. The van der Waals surface area contributed by atoms with Gasteiger partial charge in [0.2, 0.25) is 23.6 Å². The summed E-state index contributed by atoms with van der Waals surface area (Å²) >= 11 is 0. The van der Waals surface area contributed by atoms with E-state index in [2.05, 4.69) is 41.9 Å². The van der Waals surface area contributed by atoms with Crippen molar-refractivity contribution in [1.29, 1.82) is 0 Å². The molecule has 2 saturated heterocycles. The van der Waals surface area contributed by atoms with E-state index in [4.69, 9.17) is 0 Å². The van der Waals surface area contributed by atoms with Crippen LogP contribution in [0.3, 0.4) is 0 Å². The van der Waals surface area contributed by atoms with Gasteiger partial charge < -0.3 is 50.8 Å². The van der Waals surface area contributed by atoms with Crippen molar-refractivity contribution < 1.29 is 28.8 Å². The van der Waals surface area contributed by atoms with Gasteiger partial charge in [-0.15, -0.1) is 0 Å². The van der Waals surface area contributed by atoms with Crippen molar-refractivity contribution in [3.05, 3.63) is 120 Å². The Kier molecular flexibility index (Phi) is 17.1. The molecule has 4 aromatic heterocycles. The van der Waals surface area contributed by atoms with Crippen LogP contribution in [0.2, 0.25) is 0 Å². The second kappa shape index (κ2) is 24.1. The number of amides is 6. The second-order valence-electron chi connectivity index (χ2n) is 22.2. The van der Waals surface area contributed by atoms with Gasteiger partial charge in [-0.1, -0.05) is 64.1 Å². The molecule has 78 heavy (non-hydrogen) atoms. The summed E-state index contributed by atoms with van der Waals surface area (Å²) in [5.41, 5.74) is 6.11. The normalized spacial score (nSPS) is 20.2. The highest BCUT2D eigenvalue weighted by Crippen LogP contribution is 2.37. The van der Waals surface area contributed by atoms with Crippen LogP contribution in [0.15, 0.2) is 97.8 Å². The summed E-state index contributed by atoms with van der Waals surface area (Å²) in [5.74, 6) is -1.23. The highest BCUT2D eigenvalue weighted by Gasteiger charge is 2.39. The van der Waals surface area contributed by atoms with E-state index in [1.807, 2.05) is 120 Å². The van der Waals surface area contributed by atoms with Crippen molar-refractivity contribution in [2.45, 2.75) is 141 Å². The summed E-state index contributed by atoms with van der Waals surface area (Å²) in [6.07, 6.45) is 16.8. The van der Waals surface area contributed by atoms with Gasteiger partial charge in [0, 0.05) is 60.7 Å². The average molecular weight is 1060 g/mol. The fraction of sp³-hybridized carbons (Fsp3) is 0.467. The number of hydrogen-bond donors (Lipinski definition) is 6. The van der Waals surface area contributed by atoms with Gasteiger partial charge >= 0.3 is 0 Å². The summed E-state index contributed by atoms with van der Waals surface area (Å²) in [6.45, 7) is 12.5. The molecule has 0 spiro atoms. The molecule has 6 amide bonds. The largest absolute Gasteiger partial charge is 0.349 e. The van der Waals surface area contributed by atoms with E-state index in [0.29, 0.717) is 49.9 Å². The van der Waals surface area contributed by atoms with Crippen molar-refractivity contribution in [2.75, 3.05) is 27.2 Å². The van der Waals surface area contributed by atoms with E-state index >= 15 is 0 Å². The van der Waals surface area contributed by atoms with Crippen molar-refractivity contribution in [3.63, 3.8) is 0 Å². The Morgan fingerprint density at radius 2 is 0.910 bits per heavy atom. The Labute approximate surface area is 456 Å². The molecule has 18 nitrogen and oxygen atoms in total. The lowest BCUT2D eigenvalue weighted by atomic mass is 9.90. The number of likely N-dealkylation sites (tertiary alicyclic amines) is 2. The number of carbonyl (C=O) groups is 6. The van der Waals surface area contributed by atoms with Crippen LogP contribution in [0, 0.1) is 11.8 Å². The van der Waals surface area contributed by atoms with Crippen LogP contribution in [-0.4, -0.2) is 128 Å². The minimum atomic E-state index is -0.668. The molecule has 6 aromatic rings. The van der Waals surface area contributed by atoms with E-state index in [9.17, 15) is 28.8 Å². The van der Waals surface area contributed by atoms with Crippen molar-refractivity contribution in [3.8, 4) is 11.4 Å². The summed E-state index contributed by atoms with van der Waals surface area (Å²) < 4.78 is 3.97. The van der Waals surface area contributed by atoms with E-state index in [1.165, 1.54) is 0 Å². The number of pyridine rings is 2. The number of fused-ring (bicyclic) bond motifs is 2. The Morgan fingerprint density at radius 3 is 1.28 bits per heavy atom. The third-order valence-corrected chi connectivity index (χ3v) is 16.3. The zero-order valence-electron chi connectivity index (χ0n) is 46.2. The fourth-order valence-electron chi connectivity index (χ4n) is 11.5. The maximum absolute atomic E-state index is 14.2. The fourth-order valence-corrected chi connectivity index (χ4v) is 11.5. The summed E-state index contributed by atoms with van der Waals surface area (Å²) in [5, 5.41) is 20.1. The average Bonchev–Trinajstić information content (AvgIpc) is 4.38. The smallest absolute Gasteiger partial charge is 0.253 e. The maximum atomic E-state index is 14.2. The standard InChI is InChI=1S/C60H76N12O6/c1-35(2)53(67-55(73)37(5)61-7)59(77)69-25-13-19-49(69)39-27-43(31-63-29-39)71-33-47(45-15-9-11-17-51(45)71)57(75)65-41-21-23-42(24-22-41)66-58(76)48-34-72(52-18-12-10-16-46(48)52)44-28-40(30-64-32-44)50-20-14-26-70(50)60(78)54(36(3)4)68-56(74)38(6)62-8/h9-12,15-18,27-38,41-42,49-50,53-54,61-62H,13-14,19-26H2,1-8H3,(H,65,75)(H,66,76)(H,67,73)(H,68,74)/t37-,38-,41?,42?,49-,50-,53-,54-/m0/s1. The molecule has 1 saturated carbocycles. The van der Waals surface area contributed by atoms with E-state index in [-0.39, 0.29) is 71.4 Å². The molecule has 0 bridgehead atoms. The lowest BCUT2D eigenvalue weighted by molar-refractivity contribution is -0.139. The van der Waals surface area contributed by atoms with Crippen LogP contribution in [0.1, 0.15) is 137 Å². The predicted molar refractivity (Wildman–Crippen MR) is 301 cm³/mol. The molecule has 18 heteroatoms. The molecule has 6 N–H and O–H groups in total. The maximum Gasteiger partial charge on any atom is 0.253 e.